The first kappa shape index (κ1) is 24.8. The van der Waals surface area contributed by atoms with Crippen molar-refractivity contribution in [2.45, 2.75) is 33.1 Å². The Hall–Kier alpha value is -3.19. The third kappa shape index (κ3) is 7.00. The molecule has 8 heteroatoms. The maximum absolute atomic E-state index is 10.7. The Morgan fingerprint density at radius 3 is 2.20 bits per heavy atom. The number of hydrogen-bond donors (Lipinski definition) is 2. The lowest BCUT2D eigenvalue weighted by Gasteiger charge is -2.18. The van der Waals surface area contributed by atoms with E-state index in [1.54, 1.807) is 25.2 Å². The van der Waals surface area contributed by atoms with Crippen molar-refractivity contribution in [2.24, 2.45) is 0 Å². The molecule has 3 rings (SSSR count). The smallest absolute Gasteiger partial charge is 0.358 e. The van der Waals surface area contributed by atoms with Gasteiger partial charge in [0.1, 0.15) is 6.79 Å². The molecule has 0 bridgehead atoms. The second kappa shape index (κ2) is 11.1. The van der Waals surface area contributed by atoms with E-state index in [9.17, 15) is 4.79 Å². The first-order chi connectivity index (χ1) is 14.1. The summed E-state index contributed by atoms with van der Waals surface area (Å²) in [5, 5.41) is 19.6. The van der Waals surface area contributed by atoms with Gasteiger partial charge in [-0.3, -0.25) is 0 Å². The van der Waals surface area contributed by atoms with E-state index < -0.39 is 5.97 Å². The molecule has 30 heavy (non-hydrogen) atoms. The normalized spacial score (nSPS) is 10.2. The molecule has 0 saturated carbocycles. The van der Waals surface area contributed by atoms with Crippen LogP contribution in [0.1, 0.15) is 42.4 Å². The summed E-state index contributed by atoms with van der Waals surface area (Å²) in [6.45, 7) is 10.8. The third-order valence-corrected chi connectivity index (χ3v) is 4.34. The van der Waals surface area contributed by atoms with Gasteiger partial charge in [-0.1, -0.05) is 67.4 Å². The van der Waals surface area contributed by atoms with E-state index in [0.717, 1.165) is 5.69 Å². The average molecular weight is 431 g/mol. The molecule has 0 unspecified atom stereocenters. The van der Waals surface area contributed by atoms with Crippen LogP contribution in [0.3, 0.4) is 0 Å². The van der Waals surface area contributed by atoms with E-state index in [1.165, 1.54) is 22.0 Å². The highest BCUT2D eigenvalue weighted by molar-refractivity contribution is 6.30. The van der Waals surface area contributed by atoms with E-state index in [0.29, 0.717) is 10.7 Å². The SMILES string of the molecule is C=O.CNc1ccc(Cl)cc1-n1cc(C(=O)O)nn1.Cc1ccc(C(C)(C)C)cc1. The number of benzene rings is 2. The molecule has 0 atom stereocenters. The van der Waals surface area contributed by atoms with Crippen molar-refractivity contribution in [1.82, 2.24) is 15.0 Å². The average Bonchev–Trinajstić information content (AvgIpc) is 3.20. The lowest BCUT2D eigenvalue weighted by molar-refractivity contribution is -0.0980. The van der Waals surface area contributed by atoms with Crippen LogP contribution < -0.4 is 5.32 Å². The van der Waals surface area contributed by atoms with Crippen molar-refractivity contribution in [3.8, 4) is 5.69 Å². The van der Waals surface area contributed by atoms with E-state index in [-0.39, 0.29) is 11.1 Å². The summed E-state index contributed by atoms with van der Waals surface area (Å²) in [5.74, 6) is -1.12. The number of aromatic nitrogens is 3. The fourth-order valence-corrected chi connectivity index (χ4v) is 2.61. The van der Waals surface area contributed by atoms with Crippen LogP contribution >= 0.6 is 11.6 Å². The number of nitrogens with zero attached hydrogens (tertiary/aromatic N) is 3. The topological polar surface area (TPSA) is 97.1 Å². The summed E-state index contributed by atoms with van der Waals surface area (Å²) >= 11 is 5.89. The zero-order valence-corrected chi connectivity index (χ0v) is 18.6. The van der Waals surface area contributed by atoms with E-state index in [4.69, 9.17) is 21.5 Å². The Labute approximate surface area is 181 Å². The van der Waals surface area contributed by atoms with Gasteiger partial charge in [0.25, 0.3) is 0 Å². The number of carboxylic acids is 1. The number of carbonyl (C=O) groups is 2. The summed E-state index contributed by atoms with van der Waals surface area (Å²) < 4.78 is 1.36. The van der Waals surface area contributed by atoms with Gasteiger partial charge < -0.3 is 15.2 Å². The molecule has 0 radical (unpaired) electrons. The predicted molar refractivity (Wildman–Crippen MR) is 120 cm³/mol. The van der Waals surface area contributed by atoms with Crippen LogP contribution in [-0.4, -0.2) is 39.9 Å². The first-order valence-corrected chi connectivity index (χ1v) is 9.49. The molecular weight excluding hydrogens is 404 g/mol. The number of halogens is 1. The van der Waals surface area contributed by atoms with Crippen LogP contribution in [0.4, 0.5) is 5.69 Å². The summed E-state index contributed by atoms with van der Waals surface area (Å²) in [5.41, 5.74) is 4.32. The molecule has 0 saturated heterocycles. The summed E-state index contributed by atoms with van der Waals surface area (Å²) in [6, 6.07) is 13.9. The largest absolute Gasteiger partial charge is 0.476 e. The minimum Gasteiger partial charge on any atom is -0.476 e. The maximum Gasteiger partial charge on any atom is 0.358 e. The molecule has 0 aliphatic rings. The number of carbonyl (C=O) groups excluding carboxylic acids is 1. The molecule has 3 aromatic rings. The van der Waals surface area contributed by atoms with Gasteiger partial charge in [-0.05, 0) is 36.1 Å². The van der Waals surface area contributed by atoms with Crippen molar-refractivity contribution in [2.75, 3.05) is 12.4 Å². The van der Waals surface area contributed by atoms with Crippen molar-refractivity contribution in [3.05, 3.63) is 70.5 Å². The fraction of sp³-hybridized carbons (Fsp3) is 0.273. The number of carboxylic acid groups (broad SMARTS) is 1. The van der Waals surface area contributed by atoms with Gasteiger partial charge in [0, 0.05) is 12.1 Å². The Balaban J connectivity index is 0.000000300. The van der Waals surface area contributed by atoms with Gasteiger partial charge in [0.15, 0.2) is 5.69 Å². The number of nitrogens with one attached hydrogen (secondary N) is 1. The van der Waals surface area contributed by atoms with Crippen LogP contribution in [-0.2, 0) is 10.2 Å². The quantitative estimate of drug-likeness (QED) is 0.621. The third-order valence-electron chi connectivity index (χ3n) is 4.11. The summed E-state index contributed by atoms with van der Waals surface area (Å²) in [6.07, 6.45) is 1.33. The molecule has 0 aliphatic heterocycles. The van der Waals surface area contributed by atoms with Crippen LogP contribution in [0, 0.1) is 6.92 Å². The van der Waals surface area contributed by atoms with Crippen LogP contribution in [0.15, 0.2) is 48.7 Å². The molecular formula is C22H27ClN4O3. The number of hydrogen-bond acceptors (Lipinski definition) is 5. The summed E-state index contributed by atoms with van der Waals surface area (Å²) in [7, 11) is 1.75. The number of anilines is 1. The Kier molecular flexibility index (Phi) is 9.20. The first-order valence-electron chi connectivity index (χ1n) is 9.11. The highest BCUT2D eigenvalue weighted by atomic mass is 35.5. The Morgan fingerprint density at radius 1 is 1.13 bits per heavy atom. The predicted octanol–water partition coefficient (Wildman–Crippen LogP) is 4.77. The second-order valence-electron chi connectivity index (χ2n) is 7.38. The van der Waals surface area contributed by atoms with Gasteiger partial charge in [-0.15, -0.1) is 5.10 Å². The van der Waals surface area contributed by atoms with E-state index in [2.05, 4.69) is 67.6 Å². The van der Waals surface area contributed by atoms with Gasteiger partial charge in [-0.2, -0.15) is 0 Å². The van der Waals surface area contributed by atoms with Gasteiger partial charge in [0.05, 0.1) is 17.6 Å². The van der Waals surface area contributed by atoms with Crippen molar-refractivity contribution >= 4 is 30.0 Å². The number of aromatic carboxylic acids is 1. The van der Waals surface area contributed by atoms with Crippen molar-refractivity contribution < 1.29 is 14.7 Å². The van der Waals surface area contributed by atoms with Gasteiger partial charge in [0.2, 0.25) is 0 Å². The lowest BCUT2D eigenvalue weighted by Crippen LogP contribution is -2.10. The Bertz CT molecular complexity index is 963. The molecule has 1 heterocycles. The van der Waals surface area contributed by atoms with E-state index >= 15 is 0 Å². The minimum atomic E-state index is -1.12. The monoisotopic (exact) mass is 430 g/mol. The molecule has 7 nitrogen and oxygen atoms in total. The maximum atomic E-state index is 10.7. The highest BCUT2D eigenvalue weighted by Gasteiger charge is 2.12. The highest BCUT2D eigenvalue weighted by Crippen LogP contribution is 2.23. The molecule has 0 spiro atoms. The van der Waals surface area contributed by atoms with Crippen molar-refractivity contribution in [1.29, 1.82) is 0 Å². The second-order valence-corrected chi connectivity index (χ2v) is 7.82. The number of aryl methyl sites for hydroxylation is 1. The van der Waals surface area contributed by atoms with Crippen LogP contribution in [0.25, 0.3) is 5.69 Å². The van der Waals surface area contributed by atoms with Crippen molar-refractivity contribution in [3.63, 3.8) is 0 Å². The molecule has 0 amide bonds. The lowest BCUT2D eigenvalue weighted by atomic mass is 9.87. The zero-order valence-electron chi connectivity index (χ0n) is 17.8. The summed E-state index contributed by atoms with van der Waals surface area (Å²) in [4.78, 5) is 18.7. The molecule has 2 N–H and O–H groups in total. The molecule has 0 aliphatic carbocycles. The minimum absolute atomic E-state index is 0.118. The van der Waals surface area contributed by atoms with Gasteiger partial charge in [-0.25, -0.2) is 9.48 Å². The number of rotatable bonds is 3. The van der Waals surface area contributed by atoms with Gasteiger partial charge >= 0.3 is 5.97 Å². The standard InChI is InChI=1S/C11H16.C10H9ClN4O2.CH2O/c1-9-5-7-10(8-6-9)11(2,3)4;1-12-7-3-2-6(11)4-9(7)15-5-8(10(16)17)13-14-15;1-2/h5-8H,1-4H3;2-5,12H,1H3,(H,16,17);1H2. The fourth-order valence-electron chi connectivity index (χ4n) is 2.44. The molecule has 0 fully saturated rings. The molecule has 1 aromatic heterocycles. The van der Waals surface area contributed by atoms with Crippen LogP contribution in [0.5, 0.6) is 0 Å². The zero-order chi connectivity index (χ0) is 22.9. The van der Waals surface area contributed by atoms with Crippen LogP contribution in [0.2, 0.25) is 5.02 Å². The van der Waals surface area contributed by atoms with E-state index in [1.807, 2.05) is 6.79 Å². The molecule has 2 aromatic carbocycles. The molecule has 160 valence electrons. The Morgan fingerprint density at radius 2 is 1.73 bits per heavy atom.